The van der Waals surface area contributed by atoms with E-state index in [0.717, 1.165) is 17.0 Å². The third kappa shape index (κ3) is 3.00. The number of methoxy groups -OCH3 is 1. The predicted molar refractivity (Wildman–Crippen MR) is 78.5 cm³/mol. The van der Waals surface area contributed by atoms with Crippen molar-refractivity contribution in [2.24, 2.45) is 0 Å². The van der Waals surface area contributed by atoms with Gasteiger partial charge in [0, 0.05) is 30.4 Å². The maximum Gasteiger partial charge on any atom is 0.247 e. The first kappa shape index (κ1) is 13.1. The van der Waals surface area contributed by atoms with E-state index in [9.17, 15) is 0 Å². The molecule has 2 heterocycles. The summed E-state index contributed by atoms with van der Waals surface area (Å²) in [5, 5.41) is 11.0. The van der Waals surface area contributed by atoms with Crippen LogP contribution in [0.3, 0.4) is 0 Å². The third-order valence-electron chi connectivity index (χ3n) is 2.88. The highest BCUT2D eigenvalue weighted by Gasteiger charge is 2.07. The van der Waals surface area contributed by atoms with Crippen LogP contribution in [0.2, 0.25) is 0 Å². The Morgan fingerprint density at radius 1 is 1.14 bits per heavy atom. The van der Waals surface area contributed by atoms with Crippen molar-refractivity contribution in [1.82, 2.24) is 15.2 Å². The Kier molecular flexibility index (Phi) is 3.51. The Morgan fingerprint density at radius 3 is 2.81 bits per heavy atom. The van der Waals surface area contributed by atoms with Crippen molar-refractivity contribution < 1.29 is 9.15 Å². The van der Waals surface area contributed by atoms with Crippen LogP contribution in [0.4, 0.5) is 11.5 Å². The van der Waals surface area contributed by atoms with Crippen LogP contribution in [0.15, 0.2) is 47.0 Å². The average Bonchev–Trinajstić information content (AvgIpc) is 2.94. The van der Waals surface area contributed by atoms with E-state index >= 15 is 0 Å². The molecule has 0 amide bonds. The van der Waals surface area contributed by atoms with E-state index < -0.39 is 0 Å². The Labute approximate surface area is 121 Å². The lowest BCUT2D eigenvalue weighted by Gasteiger charge is -2.07. The highest BCUT2D eigenvalue weighted by molar-refractivity contribution is 5.63. The van der Waals surface area contributed by atoms with Gasteiger partial charge >= 0.3 is 0 Å². The molecule has 0 unspecified atom stereocenters. The molecule has 3 rings (SSSR count). The van der Waals surface area contributed by atoms with Gasteiger partial charge in [-0.3, -0.25) is 0 Å². The summed E-state index contributed by atoms with van der Waals surface area (Å²) in [6.45, 7) is 1.76. The molecular formula is C15H14N4O2. The summed E-state index contributed by atoms with van der Waals surface area (Å²) in [6, 6.07) is 11.3. The minimum absolute atomic E-state index is 0.476. The van der Waals surface area contributed by atoms with Crippen LogP contribution in [0, 0.1) is 6.92 Å². The number of anilines is 2. The summed E-state index contributed by atoms with van der Waals surface area (Å²) in [6.07, 6.45) is 1.69. The number of benzene rings is 1. The molecule has 1 aromatic carbocycles. The Hall–Kier alpha value is -2.89. The Morgan fingerprint density at radius 2 is 2.05 bits per heavy atom. The van der Waals surface area contributed by atoms with Crippen molar-refractivity contribution >= 4 is 11.5 Å². The number of hydrogen-bond acceptors (Lipinski definition) is 6. The molecule has 0 aliphatic rings. The van der Waals surface area contributed by atoms with Gasteiger partial charge in [0.1, 0.15) is 11.6 Å². The number of nitrogens with one attached hydrogen (secondary N) is 1. The van der Waals surface area contributed by atoms with E-state index in [0.29, 0.717) is 17.6 Å². The van der Waals surface area contributed by atoms with Crippen molar-refractivity contribution in [1.29, 1.82) is 0 Å². The van der Waals surface area contributed by atoms with E-state index in [1.165, 1.54) is 0 Å². The average molecular weight is 282 g/mol. The first-order valence-corrected chi connectivity index (χ1v) is 6.42. The van der Waals surface area contributed by atoms with Crippen LogP contribution >= 0.6 is 0 Å². The van der Waals surface area contributed by atoms with Crippen molar-refractivity contribution in [3.63, 3.8) is 0 Å². The van der Waals surface area contributed by atoms with Gasteiger partial charge in [-0.1, -0.05) is 6.07 Å². The van der Waals surface area contributed by atoms with Crippen LogP contribution in [-0.2, 0) is 0 Å². The van der Waals surface area contributed by atoms with E-state index in [-0.39, 0.29) is 0 Å². The van der Waals surface area contributed by atoms with Gasteiger partial charge in [0.25, 0.3) is 0 Å². The van der Waals surface area contributed by atoms with Gasteiger partial charge in [-0.15, -0.1) is 10.2 Å². The van der Waals surface area contributed by atoms with Gasteiger partial charge in [0.05, 0.1) is 7.11 Å². The molecule has 2 aromatic heterocycles. The molecule has 21 heavy (non-hydrogen) atoms. The molecule has 1 N–H and O–H groups in total. The van der Waals surface area contributed by atoms with Gasteiger partial charge in [-0.25, -0.2) is 4.98 Å². The Bertz CT molecular complexity index is 755. The number of rotatable bonds is 4. The van der Waals surface area contributed by atoms with Gasteiger partial charge in [-0.2, -0.15) is 0 Å². The molecule has 6 nitrogen and oxygen atoms in total. The van der Waals surface area contributed by atoms with Crippen LogP contribution < -0.4 is 10.1 Å². The molecule has 3 aromatic rings. The van der Waals surface area contributed by atoms with Crippen molar-refractivity contribution in [3.8, 4) is 17.2 Å². The third-order valence-corrected chi connectivity index (χ3v) is 2.88. The molecule has 0 atom stereocenters. The van der Waals surface area contributed by atoms with Gasteiger partial charge < -0.3 is 14.5 Å². The van der Waals surface area contributed by atoms with Gasteiger partial charge in [0.15, 0.2) is 0 Å². The second-order valence-corrected chi connectivity index (χ2v) is 4.41. The molecule has 0 spiro atoms. The molecule has 0 radical (unpaired) electrons. The molecule has 0 saturated heterocycles. The SMILES string of the molecule is COc1cccc(Nc2cc(-c3nnc(C)o3)ccn2)c1. The maximum absolute atomic E-state index is 5.41. The molecule has 0 bridgehead atoms. The largest absolute Gasteiger partial charge is 0.497 e. The van der Waals surface area contributed by atoms with Gasteiger partial charge in [0.2, 0.25) is 11.8 Å². The first-order chi connectivity index (χ1) is 10.2. The monoisotopic (exact) mass is 282 g/mol. The summed E-state index contributed by atoms with van der Waals surface area (Å²) in [7, 11) is 1.63. The number of aromatic nitrogens is 3. The standard InChI is InChI=1S/C15H14N4O2/c1-10-18-19-15(21-10)11-6-7-16-14(8-11)17-12-4-3-5-13(9-12)20-2/h3-9H,1-2H3,(H,16,17). The molecule has 106 valence electrons. The van der Waals surface area contributed by atoms with E-state index in [1.54, 1.807) is 20.2 Å². The zero-order valence-corrected chi connectivity index (χ0v) is 11.7. The molecular weight excluding hydrogens is 268 g/mol. The summed E-state index contributed by atoms with van der Waals surface area (Å²) in [5.41, 5.74) is 1.71. The lowest BCUT2D eigenvalue weighted by atomic mass is 10.2. The van der Waals surface area contributed by atoms with Crippen molar-refractivity contribution in [3.05, 3.63) is 48.5 Å². The second kappa shape index (κ2) is 5.62. The fourth-order valence-corrected chi connectivity index (χ4v) is 1.89. The fourth-order valence-electron chi connectivity index (χ4n) is 1.89. The minimum Gasteiger partial charge on any atom is -0.497 e. The number of pyridine rings is 1. The lowest BCUT2D eigenvalue weighted by molar-refractivity contribution is 0.415. The molecule has 0 saturated carbocycles. The van der Waals surface area contributed by atoms with Crippen LogP contribution in [0.25, 0.3) is 11.5 Å². The normalized spacial score (nSPS) is 10.4. The topological polar surface area (TPSA) is 73.1 Å². The summed E-state index contributed by atoms with van der Waals surface area (Å²) >= 11 is 0. The molecule has 6 heteroatoms. The summed E-state index contributed by atoms with van der Waals surface area (Å²) in [5.74, 6) is 2.48. The molecule has 0 aliphatic heterocycles. The van der Waals surface area contributed by atoms with Crippen molar-refractivity contribution in [2.75, 3.05) is 12.4 Å². The second-order valence-electron chi connectivity index (χ2n) is 4.41. The lowest BCUT2D eigenvalue weighted by Crippen LogP contribution is -1.94. The molecule has 0 fully saturated rings. The summed E-state index contributed by atoms with van der Waals surface area (Å²) in [4.78, 5) is 4.28. The highest BCUT2D eigenvalue weighted by atomic mass is 16.5. The molecule has 0 aliphatic carbocycles. The first-order valence-electron chi connectivity index (χ1n) is 6.42. The van der Waals surface area contributed by atoms with E-state index in [1.807, 2.05) is 36.4 Å². The smallest absolute Gasteiger partial charge is 0.247 e. The van der Waals surface area contributed by atoms with Crippen molar-refractivity contribution in [2.45, 2.75) is 6.92 Å². The highest BCUT2D eigenvalue weighted by Crippen LogP contribution is 2.23. The quantitative estimate of drug-likeness (QED) is 0.792. The number of aryl methyl sites for hydroxylation is 1. The van der Waals surface area contributed by atoms with Gasteiger partial charge in [-0.05, 0) is 24.3 Å². The number of hydrogen-bond donors (Lipinski definition) is 1. The Balaban J connectivity index is 1.86. The minimum atomic E-state index is 0.476. The number of nitrogens with zero attached hydrogens (tertiary/aromatic N) is 3. The van der Waals surface area contributed by atoms with Crippen LogP contribution in [-0.4, -0.2) is 22.3 Å². The van der Waals surface area contributed by atoms with Crippen LogP contribution in [0.1, 0.15) is 5.89 Å². The van der Waals surface area contributed by atoms with E-state index in [2.05, 4.69) is 20.5 Å². The predicted octanol–water partition coefficient (Wildman–Crippen LogP) is 3.19. The van der Waals surface area contributed by atoms with E-state index in [4.69, 9.17) is 9.15 Å². The number of ether oxygens (including phenoxy) is 1. The summed E-state index contributed by atoms with van der Waals surface area (Å²) < 4.78 is 10.6. The fraction of sp³-hybridized carbons (Fsp3) is 0.133. The van der Waals surface area contributed by atoms with Crippen LogP contribution in [0.5, 0.6) is 5.75 Å². The maximum atomic E-state index is 5.41. The zero-order chi connectivity index (χ0) is 14.7. The zero-order valence-electron chi connectivity index (χ0n) is 11.7.